The molecule has 1 N–H and O–H groups in total. The third-order valence-corrected chi connectivity index (χ3v) is 3.25. The van der Waals surface area contributed by atoms with Crippen LogP contribution in [0.25, 0.3) is 0 Å². The number of pyridine rings is 1. The fourth-order valence-electron chi connectivity index (χ4n) is 1.44. The molecule has 0 spiro atoms. The van der Waals surface area contributed by atoms with Crippen LogP contribution in [0, 0.1) is 10.1 Å². The molecule has 0 aliphatic heterocycles. The summed E-state index contributed by atoms with van der Waals surface area (Å²) in [6, 6.07) is 3.05. The van der Waals surface area contributed by atoms with E-state index in [0.29, 0.717) is 15.9 Å². The molecule has 8 heteroatoms. The standard InChI is InChI=1S/C12H13N5O2S/c1-2-5-14-10-4-3-9(17(18)19)12(16-10)20-11-8-13-6-7-15-11/h3-4,6-8H,2,5H2,1H3,(H,14,16). The Morgan fingerprint density at radius 2 is 2.25 bits per heavy atom. The lowest BCUT2D eigenvalue weighted by molar-refractivity contribution is -0.388. The van der Waals surface area contributed by atoms with Crippen molar-refractivity contribution in [3.8, 4) is 0 Å². The van der Waals surface area contributed by atoms with Gasteiger partial charge in [-0.1, -0.05) is 6.92 Å². The first kappa shape index (κ1) is 14.2. The SMILES string of the molecule is CCCNc1ccc([N+](=O)[O-])c(Sc2cnccn2)n1. The maximum absolute atomic E-state index is 11.0. The molecule has 0 aromatic carbocycles. The fourth-order valence-corrected chi connectivity index (χ4v) is 2.25. The van der Waals surface area contributed by atoms with Crippen molar-refractivity contribution >= 4 is 23.3 Å². The lowest BCUT2D eigenvalue weighted by Crippen LogP contribution is -2.03. The van der Waals surface area contributed by atoms with Gasteiger partial charge in [-0.2, -0.15) is 0 Å². The Labute approximate surface area is 120 Å². The van der Waals surface area contributed by atoms with Gasteiger partial charge in [-0.25, -0.2) is 9.97 Å². The predicted octanol–water partition coefficient (Wildman–Crippen LogP) is 2.75. The highest BCUT2D eigenvalue weighted by molar-refractivity contribution is 7.99. The molecule has 0 unspecified atom stereocenters. The zero-order valence-electron chi connectivity index (χ0n) is 10.8. The Balaban J connectivity index is 2.29. The summed E-state index contributed by atoms with van der Waals surface area (Å²) in [7, 11) is 0. The molecule has 0 saturated carbocycles. The number of hydrogen-bond donors (Lipinski definition) is 1. The molecule has 7 nitrogen and oxygen atoms in total. The molecule has 0 bridgehead atoms. The van der Waals surface area contributed by atoms with Crippen LogP contribution in [-0.2, 0) is 0 Å². The van der Waals surface area contributed by atoms with E-state index < -0.39 is 4.92 Å². The second-order valence-corrected chi connectivity index (χ2v) is 4.86. The molecule has 0 fully saturated rings. The number of aromatic nitrogens is 3. The minimum absolute atomic E-state index is 0.0392. The van der Waals surface area contributed by atoms with Crippen molar-refractivity contribution in [1.29, 1.82) is 0 Å². The van der Waals surface area contributed by atoms with E-state index in [1.165, 1.54) is 12.3 Å². The Morgan fingerprint density at radius 3 is 2.90 bits per heavy atom. The van der Waals surface area contributed by atoms with Gasteiger partial charge < -0.3 is 5.32 Å². The minimum atomic E-state index is -0.449. The molecular formula is C12H13N5O2S. The smallest absolute Gasteiger partial charge is 0.301 e. The Morgan fingerprint density at radius 1 is 1.40 bits per heavy atom. The lowest BCUT2D eigenvalue weighted by Gasteiger charge is -2.06. The largest absolute Gasteiger partial charge is 0.370 e. The summed E-state index contributed by atoms with van der Waals surface area (Å²) in [6.07, 6.45) is 5.58. The molecule has 2 rings (SSSR count). The topological polar surface area (TPSA) is 93.8 Å². The molecule has 2 aromatic rings. The van der Waals surface area contributed by atoms with E-state index in [1.807, 2.05) is 6.92 Å². The first-order valence-corrected chi connectivity index (χ1v) is 6.85. The molecule has 20 heavy (non-hydrogen) atoms. The van der Waals surface area contributed by atoms with E-state index in [-0.39, 0.29) is 5.69 Å². The second-order valence-electron chi connectivity index (χ2n) is 3.85. The number of nitrogens with one attached hydrogen (secondary N) is 1. The van der Waals surface area contributed by atoms with Gasteiger partial charge in [0.2, 0.25) is 0 Å². The van der Waals surface area contributed by atoms with E-state index >= 15 is 0 Å². The zero-order chi connectivity index (χ0) is 14.4. The number of rotatable bonds is 6. The van der Waals surface area contributed by atoms with E-state index in [0.717, 1.165) is 24.7 Å². The number of hydrogen-bond acceptors (Lipinski definition) is 7. The highest BCUT2D eigenvalue weighted by atomic mass is 32.2. The molecule has 0 aliphatic rings. The van der Waals surface area contributed by atoms with Gasteiger partial charge in [-0.15, -0.1) is 0 Å². The van der Waals surface area contributed by atoms with Crippen LogP contribution in [0.15, 0.2) is 40.8 Å². The molecule has 0 atom stereocenters. The number of nitrogens with zero attached hydrogens (tertiary/aromatic N) is 4. The van der Waals surface area contributed by atoms with E-state index in [1.54, 1.807) is 18.5 Å². The van der Waals surface area contributed by atoms with Gasteiger partial charge in [0, 0.05) is 25.0 Å². The third kappa shape index (κ3) is 3.64. The lowest BCUT2D eigenvalue weighted by atomic mass is 10.4. The normalized spacial score (nSPS) is 10.2. The highest BCUT2D eigenvalue weighted by Crippen LogP contribution is 2.32. The molecule has 0 saturated heterocycles. The summed E-state index contributed by atoms with van der Waals surface area (Å²) in [4.78, 5) is 22.9. The molecule has 0 aliphatic carbocycles. The summed E-state index contributed by atoms with van der Waals surface area (Å²) in [5, 5.41) is 15.0. The monoisotopic (exact) mass is 291 g/mol. The summed E-state index contributed by atoms with van der Waals surface area (Å²) < 4.78 is 0. The molecule has 0 radical (unpaired) electrons. The summed E-state index contributed by atoms with van der Waals surface area (Å²) in [6.45, 7) is 2.80. The molecule has 2 aromatic heterocycles. The Bertz CT molecular complexity index is 594. The average Bonchev–Trinajstić information content (AvgIpc) is 2.46. The summed E-state index contributed by atoms with van der Waals surface area (Å²) >= 11 is 1.12. The van der Waals surface area contributed by atoms with Gasteiger partial charge in [0.05, 0.1) is 11.1 Å². The van der Waals surface area contributed by atoms with Crippen molar-refractivity contribution < 1.29 is 4.92 Å². The quantitative estimate of drug-likeness (QED) is 0.646. The van der Waals surface area contributed by atoms with E-state index in [9.17, 15) is 10.1 Å². The van der Waals surface area contributed by atoms with Gasteiger partial charge in [-0.3, -0.25) is 15.1 Å². The number of anilines is 1. The first-order valence-electron chi connectivity index (χ1n) is 6.04. The Hall–Kier alpha value is -2.22. The van der Waals surface area contributed by atoms with Crippen LogP contribution in [0.1, 0.15) is 13.3 Å². The van der Waals surface area contributed by atoms with Gasteiger partial charge in [0.25, 0.3) is 0 Å². The summed E-state index contributed by atoms with van der Waals surface area (Å²) in [5.74, 6) is 0.615. The van der Waals surface area contributed by atoms with Crippen molar-refractivity contribution in [3.05, 3.63) is 40.8 Å². The molecular weight excluding hydrogens is 278 g/mol. The van der Waals surface area contributed by atoms with Gasteiger partial charge in [-0.05, 0) is 24.2 Å². The van der Waals surface area contributed by atoms with Crippen molar-refractivity contribution in [1.82, 2.24) is 15.0 Å². The fraction of sp³-hybridized carbons (Fsp3) is 0.250. The van der Waals surface area contributed by atoms with Crippen LogP contribution in [0.5, 0.6) is 0 Å². The maximum atomic E-state index is 11.0. The van der Waals surface area contributed by atoms with Crippen LogP contribution >= 0.6 is 11.8 Å². The maximum Gasteiger partial charge on any atom is 0.301 e. The predicted molar refractivity (Wildman–Crippen MR) is 75.8 cm³/mol. The molecule has 0 amide bonds. The first-order chi connectivity index (χ1) is 9.70. The average molecular weight is 291 g/mol. The minimum Gasteiger partial charge on any atom is -0.370 e. The van der Waals surface area contributed by atoms with Crippen LogP contribution in [0.4, 0.5) is 11.5 Å². The zero-order valence-corrected chi connectivity index (χ0v) is 11.6. The van der Waals surface area contributed by atoms with Gasteiger partial charge in [0.1, 0.15) is 10.8 Å². The van der Waals surface area contributed by atoms with Crippen molar-refractivity contribution in [2.45, 2.75) is 23.4 Å². The van der Waals surface area contributed by atoms with Crippen LogP contribution in [0.3, 0.4) is 0 Å². The van der Waals surface area contributed by atoms with Crippen LogP contribution in [-0.4, -0.2) is 26.4 Å². The highest BCUT2D eigenvalue weighted by Gasteiger charge is 2.17. The van der Waals surface area contributed by atoms with Crippen LogP contribution < -0.4 is 5.32 Å². The van der Waals surface area contributed by atoms with E-state index in [2.05, 4.69) is 20.3 Å². The Kier molecular flexibility index (Phi) is 4.83. The van der Waals surface area contributed by atoms with Gasteiger partial charge >= 0.3 is 5.69 Å². The molecule has 2 heterocycles. The van der Waals surface area contributed by atoms with Gasteiger partial charge in [0.15, 0.2) is 5.03 Å². The summed E-state index contributed by atoms with van der Waals surface area (Å²) in [5.41, 5.74) is -0.0392. The van der Waals surface area contributed by atoms with Crippen LogP contribution in [0.2, 0.25) is 0 Å². The van der Waals surface area contributed by atoms with Crippen molar-refractivity contribution in [2.24, 2.45) is 0 Å². The number of nitro groups is 1. The van der Waals surface area contributed by atoms with Crippen molar-refractivity contribution in [2.75, 3.05) is 11.9 Å². The molecule has 104 valence electrons. The van der Waals surface area contributed by atoms with E-state index in [4.69, 9.17) is 0 Å². The third-order valence-electron chi connectivity index (χ3n) is 2.33. The second kappa shape index (κ2) is 6.80. The van der Waals surface area contributed by atoms with Crippen molar-refractivity contribution in [3.63, 3.8) is 0 Å².